The van der Waals surface area contributed by atoms with Crippen molar-refractivity contribution in [2.45, 2.75) is 0 Å². The molecule has 106 valence electrons. The van der Waals surface area contributed by atoms with E-state index >= 15 is 0 Å². The standard InChI is InChI=1S/C12H12N8O/c1-19-17-12(15-18-19)14-11(21)10-6-7-20(16-10)9-4-2-8(13)3-5-9/h2-7H,13H2,1H3,(H,14,17,21). The molecule has 9 nitrogen and oxygen atoms in total. The number of nitrogens with one attached hydrogen (secondary N) is 1. The third-order valence-electron chi connectivity index (χ3n) is 2.71. The van der Waals surface area contributed by atoms with Crippen LogP contribution in [0.3, 0.4) is 0 Å². The molecule has 0 aliphatic heterocycles. The highest BCUT2D eigenvalue weighted by molar-refractivity contribution is 6.01. The fourth-order valence-corrected chi connectivity index (χ4v) is 1.72. The zero-order chi connectivity index (χ0) is 14.8. The van der Waals surface area contributed by atoms with Gasteiger partial charge in [0, 0.05) is 11.9 Å². The fourth-order valence-electron chi connectivity index (χ4n) is 1.72. The molecule has 0 fully saturated rings. The molecule has 0 radical (unpaired) electrons. The van der Waals surface area contributed by atoms with E-state index in [2.05, 4.69) is 25.8 Å². The van der Waals surface area contributed by atoms with Gasteiger partial charge in [0.2, 0.25) is 0 Å². The minimum absolute atomic E-state index is 0.129. The number of amides is 1. The van der Waals surface area contributed by atoms with Gasteiger partial charge >= 0.3 is 0 Å². The Labute approximate surface area is 119 Å². The van der Waals surface area contributed by atoms with Gasteiger partial charge in [-0.15, -0.1) is 5.10 Å². The van der Waals surface area contributed by atoms with Crippen LogP contribution in [0.2, 0.25) is 0 Å². The van der Waals surface area contributed by atoms with Gasteiger partial charge in [-0.05, 0) is 35.5 Å². The summed E-state index contributed by atoms with van der Waals surface area (Å²) < 4.78 is 1.58. The SMILES string of the molecule is Cn1nnc(NC(=O)c2ccn(-c3ccc(N)cc3)n2)n1. The predicted molar refractivity (Wildman–Crippen MR) is 74.7 cm³/mol. The molecule has 0 bridgehead atoms. The van der Waals surface area contributed by atoms with E-state index in [0.717, 1.165) is 5.69 Å². The van der Waals surface area contributed by atoms with Crippen LogP contribution in [0.4, 0.5) is 11.6 Å². The van der Waals surface area contributed by atoms with Gasteiger partial charge in [-0.25, -0.2) is 4.68 Å². The summed E-state index contributed by atoms with van der Waals surface area (Å²) in [5, 5.41) is 17.9. The molecule has 3 rings (SSSR count). The molecule has 3 N–H and O–H groups in total. The lowest BCUT2D eigenvalue weighted by atomic mass is 10.3. The number of anilines is 2. The summed E-state index contributed by atoms with van der Waals surface area (Å²) in [6, 6.07) is 8.75. The van der Waals surface area contributed by atoms with Crippen molar-refractivity contribution >= 4 is 17.5 Å². The zero-order valence-electron chi connectivity index (χ0n) is 11.1. The molecule has 0 unspecified atom stereocenters. The second kappa shape index (κ2) is 5.04. The lowest BCUT2D eigenvalue weighted by molar-refractivity contribution is 0.102. The maximum Gasteiger partial charge on any atom is 0.278 e. The first-order chi connectivity index (χ1) is 10.1. The van der Waals surface area contributed by atoms with Crippen LogP contribution in [0, 0.1) is 0 Å². The molecule has 0 spiro atoms. The first kappa shape index (κ1) is 12.8. The quantitative estimate of drug-likeness (QED) is 0.665. The number of nitrogen functional groups attached to an aromatic ring is 1. The van der Waals surface area contributed by atoms with Gasteiger partial charge in [-0.2, -0.15) is 9.90 Å². The summed E-state index contributed by atoms with van der Waals surface area (Å²) in [5.74, 6) is -0.276. The average molecular weight is 284 g/mol. The smallest absolute Gasteiger partial charge is 0.278 e. The maximum atomic E-state index is 12.0. The maximum absolute atomic E-state index is 12.0. The van der Waals surface area contributed by atoms with Crippen LogP contribution < -0.4 is 11.1 Å². The third kappa shape index (κ3) is 2.71. The Bertz CT molecular complexity index is 773. The van der Waals surface area contributed by atoms with Crippen molar-refractivity contribution < 1.29 is 4.79 Å². The predicted octanol–water partition coefficient (Wildman–Crippen LogP) is 0.230. The second-order valence-corrected chi connectivity index (χ2v) is 4.29. The van der Waals surface area contributed by atoms with E-state index in [0.29, 0.717) is 5.69 Å². The van der Waals surface area contributed by atoms with Gasteiger partial charge in [0.1, 0.15) is 0 Å². The Balaban J connectivity index is 1.78. The summed E-state index contributed by atoms with van der Waals surface area (Å²) in [7, 11) is 1.61. The Morgan fingerprint density at radius 1 is 1.19 bits per heavy atom. The summed E-state index contributed by atoms with van der Waals surface area (Å²) >= 11 is 0. The molecule has 0 saturated heterocycles. The summed E-state index contributed by atoms with van der Waals surface area (Å²) in [5.41, 5.74) is 7.35. The third-order valence-corrected chi connectivity index (χ3v) is 2.71. The lowest BCUT2D eigenvalue weighted by Gasteiger charge is -2.01. The van der Waals surface area contributed by atoms with Crippen molar-refractivity contribution in [3.63, 3.8) is 0 Å². The number of tetrazole rings is 1. The number of hydrogen-bond donors (Lipinski definition) is 2. The van der Waals surface area contributed by atoms with Crippen molar-refractivity contribution in [1.29, 1.82) is 0 Å². The number of aromatic nitrogens is 6. The minimum atomic E-state index is -0.405. The van der Waals surface area contributed by atoms with Crippen LogP contribution in [0.15, 0.2) is 36.5 Å². The summed E-state index contributed by atoms with van der Waals surface area (Å²) in [6.45, 7) is 0. The van der Waals surface area contributed by atoms with Crippen LogP contribution in [0.1, 0.15) is 10.5 Å². The van der Waals surface area contributed by atoms with Gasteiger partial charge in [-0.1, -0.05) is 5.10 Å². The van der Waals surface area contributed by atoms with E-state index in [1.807, 2.05) is 12.1 Å². The van der Waals surface area contributed by atoms with Crippen molar-refractivity contribution in [1.82, 2.24) is 30.0 Å². The molecule has 3 aromatic rings. The lowest BCUT2D eigenvalue weighted by Crippen LogP contribution is -2.14. The van der Waals surface area contributed by atoms with Gasteiger partial charge in [-0.3, -0.25) is 10.1 Å². The highest BCUT2D eigenvalue weighted by Gasteiger charge is 2.12. The first-order valence-electron chi connectivity index (χ1n) is 6.09. The van der Waals surface area contributed by atoms with E-state index < -0.39 is 5.91 Å². The monoisotopic (exact) mass is 284 g/mol. The van der Waals surface area contributed by atoms with Crippen molar-refractivity contribution in [3.05, 3.63) is 42.2 Å². The molecule has 1 aromatic carbocycles. The summed E-state index contributed by atoms with van der Waals surface area (Å²) in [4.78, 5) is 13.3. The molecule has 9 heteroatoms. The number of nitrogens with two attached hydrogens (primary N) is 1. The Morgan fingerprint density at radius 3 is 2.62 bits per heavy atom. The number of hydrogen-bond acceptors (Lipinski definition) is 6. The first-order valence-corrected chi connectivity index (χ1v) is 6.09. The fraction of sp³-hybridized carbons (Fsp3) is 0.0833. The molecular formula is C12H12N8O. The van der Waals surface area contributed by atoms with Gasteiger partial charge in [0.25, 0.3) is 11.9 Å². The average Bonchev–Trinajstić information content (AvgIpc) is 3.09. The van der Waals surface area contributed by atoms with E-state index in [4.69, 9.17) is 5.73 Å². The molecule has 0 aliphatic rings. The van der Waals surface area contributed by atoms with Crippen LogP contribution >= 0.6 is 0 Å². The van der Waals surface area contributed by atoms with Gasteiger partial charge < -0.3 is 5.73 Å². The van der Waals surface area contributed by atoms with Crippen LogP contribution in [0.5, 0.6) is 0 Å². The van der Waals surface area contributed by atoms with Crippen LogP contribution in [-0.2, 0) is 7.05 Å². The van der Waals surface area contributed by atoms with E-state index in [1.54, 1.807) is 36.1 Å². The number of carbonyl (C=O) groups excluding carboxylic acids is 1. The molecular weight excluding hydrogens is 272 g/mol. The van der Waals surface area contributed by atoms with Crippen molar-refractivity contribution in [3.8, 4) is 5.69 Å². The number of nitrogens with zero attached hydrogens (tertiary/aromatic N) is 6. The van der Waals surface area contributed by atoms with E-state index in [-0.39, 0.29) is 11.6 Å². The molecule has 2 heterocycles. The normalized spacial score (nSPS) is 10.5. The number of rotatable bonds is 3. The second-order valence-electron chi connectivity index (χ2n) is 4.29. The molecule has 0 aliphatic carbocycles. The number of carbonyl (C=O) groups is 1. The Kier molecular flexibility index (Phi) is 3.07. The van der Waals surface area contributed by atoms with Gasteiger partial charge in [0.15, 0.2) is 5.69 Å². The summed E-state index contributed by atoms with van der Waals surface area (Å²) in [6.07, 6.45) is 1.69. The number of benzene rings is 1. The molecule has 0 saturated carbocycles. The zero-order valence-corrected chi connectivity index (χ0v) is 11.1. The molecule has 1 amide bonds. The van der Waals surface area contributed by atoms with E-state index in [9.17, 15) is 4.79 Å². The van der Waals surface area contributed by atoms with Crippen molar-refractivity contribution in [2.24, 2.45) is 7.05 Å². The number of aryl methyl sites for hydroxylation is 1. The van der Waals surface area contributed by atoms with Crippen LogP contribution in [0.25, 0.3) is 5.69 Å². The molecule has 21 heavy (non-hydrogen) atoms. The van der Waals surface area contributed by atoms with Gasteiger partial charge in [0.05, 0.1) is 12.7 Å². The van der Waals surface area contributed by atoms with Crippen LogP contribution in [-0.4, -0.2) is 35.9 Å². The van der Waals surface area contributed by atoms with E-state index in [1.165, 1.54) is 4.80 Å². The highest BCUT2D eigenvalue weighted by Crippen LogP contribution is 2.11. The minimum Gasteiger partial charge on any atom is -0.399 e. The van der Waals surface area contributed by atoms with Crippen molar-refractivity contribution in [2.75, 3.05) is 11.1 Å². The highest BCUT2D eigenvalue weighted by atomic mass is 16.2. The topological polar surface area (TPSA) is 117 Å². The molecule has 2 aromatic heterocycles. The molecule has 0 atom stereocenters. The Hall–Kier alpha value is -3.23. The Morgan fingerprint density at radius 2 is 1.95 bits per heavy atom. The largest absolute Gasteiger partial charge is 0.399 e.